The first-order valence-corrected chi connectivity index (χ1v) is 10.8. The van der Waals surface area contributed by atoms with Gasteiger partial charge in [-0.3, -0.25) is 14.4 Å². The van der Waals surface area contributed by atoms with E-state index >= 15 is 0 Å². The molecule has 154 valence electrons. The number of ketones is 2. The molecule has 1 atom stereocenters. The van der Waals surface area contributed by atoms with Gasteiger partial charge in [0.2, 0.25) is 0 Å². The monoisotopic (exact) mass is 421 g/mol. The standard InChI is InChI=1S/C24H23NO4S/c1-15(26)22-12-20(14-30-22)24(28)25-9-3-4-19(13-25)23(27)18-6-5-17-11-21(29-2)8-7-16(17)10-18/h5-8,10-12,14,19H,3-4,9,13H2,1-2H3. The minimum atomic E-state index is -0.218. The van der Waals surface area contributed by atoms with E-state index in [2.05, 4.69) is 0 Å². The molecule has 0 bridgehead atoms. The van der Waals surface area contributed by atoms with Gasteiger partial charge in [-0.25, -0.2) is 0 Å². The molecule has 1 fully saturated rings. The molecule has 0 radical (unpaired) electrons. The predicted molar refractivity (Wildman–Crippen MR) is 118 cm³/mol. The van der Waals surface area contributed by atoms with E-state index in [4.69, 9.17) is 4.74 Å². The summed E-state index contributed by atoms with van der Waals surface area (Å²) in [6, 6.07) is 13.1. The quantitative estimate of drug-likeness (QED) is 0.553. The molecule has 30 heavy (non-hydrogen) atoms. The summed E-state index contributed by atoms with van der Waals surface area (Å²) in [7, 11) is 1.63. The van der Waals surface area contributed by atoms with Crippen LogP contribution in [-0.2, 0) is 0 Å². The van der Waals surface area contributed by atoms with Crippen LogP contribution in [0.4, 0.5) is 0 Å². The largest absolute Gasteiger partial charge is 0.497 e. The highest BCUT2D eigenvalue weighted by atomic mass is 32.1. The first-order valence-electron chi connectivity index (χ1n) is 9.97. The zero-order valence-electron chi connectivity index (χ0n) is 17.0. The van der Waals surface area contributed by atoms with Crippen molar-refractivity contribution in [2.24, 2.45) is 5.92 Å². The normalized spacial score (nSPS) is 16.5. The number of amides is 1. The first-order chi connectivity index (χ1) is 14.5. The van der Waals surface area contributed by atoms with E-state index in [0.717, 1.165) is 29.4 Å². The number of carbonyl (C=O) groups is 3. The van der Waals surface area contributed by atoms with Crippen LogP contribution in [-0.4, -0.2) is 42.6 Å². The second kappa shape index (κ2) is 8.40. The van der Waals surface area contributed by atoms with Crippen molar-refractivity contribution in [2.45, 2.75) is 19.8 Å². The molecule has 1 saturated heterocycles. The fourth-order valence-electron chi connectivity index (χ4n) is 3.93. The third kappa shape index (κ3) is 4.00. The Kier molecular flexibility index (Phi) is 5.68. The number of carbonyl (C=O) groups excluding carboxylic acids is 3. The van der Waals surface area contributed by atoms with Gasteiger partial charge in [-0.15, -0.1) is 11.3 Å². The van der Waals surface area contributed by atoms with E-state index < -0.39 is 0 Å². The van der Waals surface area contributed by atoms with Gasteiger partial charge in [0.15, 0.2) is 11.6 Å². The maximum Gasteiger partial charge on any atom is 0.254 e. The molecule has 2 aromatic carbocycles. The Labute approximate surface area is 179 Å². The number of piperidine rings is 1. The maximum atomic E-state index is 13.2. The number of Topliss-reactive ketones (excluding diaryl/α,β-unsaturated/α-hetero) is 2. The molecule has 5 nitrogen and oxygen atoms in total. The van der Waals surface area contributed by atoms with Crippen molar-refractivity contribution in [1.29, 1.82) is 0 Å². The third-order valence-corrected chi connectivity index (χ3v) is 6.64. The fourth-order valence-corrected chi connectivity index (χ4v) is 4.71. The van der Waals surface area contributed by atoms with E-state index in [1.807, 2.05) is 36.4 Å². The summed E-state index contributed by atoms with van der Waals surface area (Å²) in [5, 5.41) is 3.73. The summed E-state index contributed by atoms with van der Waals surface area (Å²) in [5.41, 5.74) is 1.19. The summed E-state index contributed by atoms with van der Waals surface area (Å²) in [6.07, 6.45) is 1.56. The molecule has 0 spiro atoms. The summed E-state index contributed by atoms with van der Waals surface area (Å²) >= 11 is 1.28. The van der Waals surface area contributed by atoms with Crippen LogP contribution in [0.3, 0.4) is 0 Å². The molecule has 6 heteroatoms. The van der Waals surface area contributed by atoms with Crippen molar-refractivity contribution in [2.75, 3.05) is 20.2 Å². The van der Waals surface area contributed by atoms with Gasteiger partial charge in [0.05, 0.1) is 17.6 Å². The number of hydrogen-bond donors (Lipinski definition) is 0. The molecule has 1 aliphatic rings. The van der Waals surface area contributed by atoms with Crippen molar-refractivity contribution in [1.82, 2.24) is 4.90 Å². The SMILES string of the molecule is COc1ccc2cc(C(=O)C3CCCN(C(=O)c4csc(C(C)=O)c4)C3)ccc2c1. The number of likely N-dealkylation sites (tertiary alicyclic amines) is 1. The van der Waals surface area contributed by atoms with Gasteiger partial charge in [-0.05, 0) is 54.8 Å². The van der Waals surface area contributed by atoms with Crippen molar-refractivity contribution in [3.63, 3.8) is 0 Å². The van der Waals surface area contributed by atoms with E-state index in [-0.39, 0.29) is 23.4 Å². The zero-order valence-corrected chi connectivity index (χ0v) is 17.8. The smallest absolute Gasteiger partial charge is 0.254 e. The first kappa shape index (κ1) is 20.3. The molecule has 2 heterocycles. The number of methoxy groups -OCH3 is 1. The summed E-state index contributed by atoms with van der Waals surface area (Å²) in [4.78, 5) is 39.9. The Morgan fingerprint density at radius 1 is 1.03 bits per heavy atom. The Morgan fingerprint density at radius 2 is 1.80 bits per heavy atom. The highest BCUT2D eigenvalue weighted by Gasteiger charge is 2.30. The van der Waals surface area contributed by atoms with Crippen molar-refractivity contribution >= 4 is 39.6 Å². The topological polar surface area (TPSA) is 63.7 Å². The van der Waals surface area contributed by atoms with Crippen molar-refractivity contribution in [3.8, 4) is 5.75 Å². The minimum absolute atomic E-state index is 0.0420. The van der Waals surface area contributed by atoms with Gasteiger partial charge in [-0.2, -0.15) is 0 Å². The zero-order chi connectivity index (χ0) is 21.3. The molecule has 0 N–H and O–H groups in total. The average Bonchev–Trinajstić information content (AvgIpc) is 3.28. The summed E-state index contributed by atoms with van der Waals surface area (Å²) < 4.78 is 5.26. The van der Waals surface area contributed by atoms with E-state index in [1.54, 1.807) is 23.5 Å². The van der Waals surface area contributed by atoms with Gasteiger partial charge >= 0.3 is 0 Å². The second-order valence-electron chi connectivity index (χ2n) is 7.64. The molecule has 3 aromatic rings. The van der Waals surface area contributed by atoms with Crippen LogP contribution in [0, 0.1) is 5.92 Å². The average molecular weight is 422 g/mol. The van der Waals surface area contributed by atoms with E-state index in [1.165, 1.54) is 18.3 Å². The van der Waals surface area contributed by atoms with Crippen LogP contribution < -0.4 is 4.74 Å². The van der Waals surface area contributed by atoms with Crippen LogP contribution >= 0.6 is 11.3 Å². The highest BCUT2D eigenvalue weighted by molar-refractivity contribution is 7.12. The molecule has 0 aliphatic carbocycles. The van der Waals surface area contributed by atoms with Gasteiger partial charge in [0.1, 0.15) is 5.75 Å². The Morgan fingerprint density at radius 3 is 2.53 bits per heavy atom. The predicted octanol–water partition coefficient (Wildman–Crippen LogP) is 4.85. The molecule has 1 amide bonds. The van der Waals surface area contributed by atoms with Crippen LogP contribution in [0.5, 0.6) is 5.75 Å². The van der Waals surface area contributed by atoms with Crippen LogP contribution in [0.2, 0.25) is 0 Å². The Balaban J connectivity index is 1.51. The lowest BCUT2D eigenvalue weighted by Gasteiger charge is -2.32. The van der Waals surface area contributed by atoms with Crippen molar-refractivity contribution < 1.29 is 19.1 Å². The van der Waals surface area contributed by atoms with E-state index in [9.17, 15) is 14.4 Å². The van der Waals surface area contributed by atoms with Crippen LogP contribution in [0.25, 0.3) is 10.8 Å². The Hall–Kier alpha value is -2.99. The number of ether oxygens (including phenoxy) is 1. The lowest BCUT2D eigenvalue weighted by Crippen LogP contribution is -2.42. The van der Waals surface area contributed by atoms with Gasteiger partial charge in [0.25, 0.3) is 5.91 Å². The molecule has 1 aromatic heterocycles. The van der Waals surface area contributed by atoms with Crippen LogP contribution in [0.1, 0.15) is 50.2 Å². The number of thiophene rings is 1. The van der Waals surface area contributed by atoms with E-state index in [0.29, 0.717) is 29.1 Å². The van der Waals surface area contributed by atoms with Crippen LogP contribution in [0.15, 0.2) is 47.8 Å². The van der Waals surface area contributed by atoms with Gasteiger partial charge < -0.3 is 9.64 Å². The summed E-state index contributed by atoms with van der Waals surface area (Å²) in [5.74, 6) is 0.482. The highest BCUT2D eigenvalue weighted by Crippen LogP contribution is 2.27. The molecular weight excluding hydrogens is 398 g/mol. The molecule has 0 saturated carbocycles. The third-order valence-electron chi connectivity index (χ3n) is 5.60. The van der Waals surface area contributed by atoms with Gasteiger partial charge in [0, 0.05) is 30.0 Å². The summed E-state index contributed by atoms with van der Waals surface area (Å²) in [6.45, 7) is 2.53. The molecule has 1 aliphatic heterocycles. The number of nitrogens with zero attached hydrogens (tertiary/aromatic N) is 1. The molecule has 1 unspecified atom stereocenters. The number of fused-ring (bicyclic) bond motifs is 1. The number of rotatable bonds is 5. The maximum absolute atomic E-state index is 13.2. The van der Waals surface area contributed by atoms with Gasteiger partial charge in [-0.1, -0.05) is 18.2 Å². The lowest BCUT2D eigenvalue weighted by atomic mass is 9.89. The second-order valence-corrected chi connectivity index (χ2v) is 8.55. The molecular formula is C24H23NO4S. The Bertz CT molecular complexity index is 1130. The number of hydrogen-bond acceptors (Lipinski definition) is 5. The minimum Gasteiger partial charge on any atom is -0.497 e. The fraction of sp³-hybridized carbons (Fsp3) is 0.292. The number of benzene rings is 2. The molecule has 4 rings (SSSR count). The van der Waals surface area contributed by atoms with Crippen molar-refractivity contribution in [3.05, 3.63) is 63.8 Å². The lowest BCUT2D eigenvalue weighted by molar-refractivity contribution is 0.0637.